The molecule has 0 unspecified atom stereocenters. The van der Waals surface area contributed by atoms with Crippen LogP contribution in [-0.4, -0.2) is 45.1 Å². The largest absolute Gasteiger partial charge is 0.478 e. The van der Waals surface area contributed by atoms with E-state index in [-0.39, 0.29) is 11.1 Å². The molecular formula is C19H20FN3O5. The highest BCUT2D eigenvalue weighted by Crippen LogP contribution is 2.33. The second-order valence-electron chi connectivity index (χ2n) is 6.74. The first-order valence-electron chi connectivity index (χ1n) is 8.83. The number of halogens is 1. The van der Waals surface area contributed by atoms with Crippen molar-refractivity contribution >= 4 is 17.8 Å². The summed E-state index contributed by atoms with van der Waals surface area (Å²) in [4.78, 5) is 39.9. The normalized spacial score (nSPS) is 14.8. The van der Waals surface area contributed by atoms with Gasteiger partial charge in [0.1, 0.15) is 22.8 Å². The van der Waals surface area contributed by atoms with Gasteiger partial charge in [-0.25, -0.2) is 14.0 Å². The number of anilines is 1. The lowest BCUT2D eigenvalue weighted by molar-refractivity contribution is 0.0695. The molecule has 0 atom stereocenters. The molecule has 0 aliphatic carbocycles. The number of pyridine rings is 1. The number of carboxylic acids is 2. The van der Waals surface area contributed by atoms with Crippen molar-refractivity contribution in [3.63, 3.8) is 0 Å². The summed E-state index contributed by atoms with van der Waals surface area (Å²) in [7, 11) is 0. The summed E-state index contributed by atoms with van der Waals surface area (Å²) >= 11 is 0. The molecule has 0 radical (unpaired) electrons. The molecule has 1 saturated heterocycles. The first-order chi connectivity index (χ1) is 13.3. The maximum atomic E-state index is 14.0. The third-order valence-corrected chi connectivity index (χ3v) is 4.85. The van der Waals surface area contributed by atoms with Gasteiger partial charge in [0, 0.05) is 12.1 Å². The van der Waals surface area contributed by atoms with Crippen molar-refractivity contribution in [1.82, 2.24) is 9.88 Å². The van der Waals surface area contributed by atoms with E-state index in [2.05, 4.69) is 9.88 Å². The van der Waals surface area contributed by atoms with E-state index in [0.717, 1.165) is 38.4 Å². The third kappa shape index (κ3) is 3.74. The average Bonchev–Trinajstić information content (AvgIpc) is 2.61. The maximum absolute atomic E-state index is 14.0. The Labute approximate surface area is 159 Å². The van der Waals surface area contributed by atoms with E-state index in [0.29, 0.717) is 12.1 Å². The van der Waals surface area contributed by atoms with Crippen LogP contribution in [0.25, 0.3) is 11.1 Å². The molecule has 2 aromatic rings. The van der Waals surface area contributed by atoms with Gasteiger partial charge >= 0.3 is 11.9 Å². The number of piperidine rings is 1. The van der Waals surface area contributed by atoms with Gasteiger partial charge in [-0.2, -0.15) is 0 Å². The molecule has 8 nitrogen and oxygen atoms in total. The molecule has 1 aromatic carbocycles. The molecule has 5 N–H and O–H groups in total. The Kier molecular flexibility index (Phi) is 5.46. The number of nitrogens with one attached hydrogen (secondary N) is 1. The van der Waals surface area contributed by atoms with Crippen LogP contribution in [0, 0.1) is 5.82 Å². The highest BCUT2D eigenvalue weighted by molar-refractivity contribution is 6.07. The molecule has 28 heavy (non-hydrogen) atoms. The molecule has 9 heteroatoms. The van der Waals surface area contributed by atoms with E-state index in [1.807, 2.05) is 0 Å². The summed E-state index contributed by atoms with van der Waals surface area (Å²) in [5.74, 6) is -4.07. The smallest absolute Gasteiger partial charge is 0.342 e. The molecule has 0 spiro atoms. The van der Waals surface area contributed by atoms with Gasteiger partial charge in [-0.3, -0.25) is 9.69 Å². The summed E-state index contributed by atoms with van der Waals surface area (Å²) in [5.41, 5.74) is 3.66. The first kappa shape index (κ1) is 19.6. The molecule has 1 aliphatic heterocycles. The number of aromatic nitrogens is 1. The summed E-state index contributed by atoms with van der Waals surface area (Å²) < 4.78 is 14.0. The van der Waals surface area contributed by atoms with E-state index in [9.17, 15) is 29.0 Å². The van der Waals surface area contributed by atoms with Gasteiger partial charge in [0.15, 0.2) is 0 Å². The summed E-state index contributed by atoms with van der Waals surface area (Å²) in [5, 5.41) is 19.1. The molecule has 1 aliphatic rings. The number of H-pyrrole nitrogens is 1. The zero-order chi connectivity index (χ0) is 20.4. The fourth-order valence-electron chi connectivity index (χ4n) is 3.61. The molecular weight excluding hydrogens is 369 g/mol. The number of carboxylic acid groups (broad SMARTS) is 2. The number of aromatic amines is 1. The first-order valence-corrected chi connectivity index (χ1v) is 8.83. The highest BCUT2D eigenvalue weighted by atomic mass is 19.1. The van der Waals surface area contributed by atoms with Crippen molar-refractivity contribution in [2.75, 3.05) is 18.8 Å². The van der Waals surface area contributed by atoms with Gasteiger partial charge in [0.25, 0.3) is 5.56 Å². The molecule has 0 bridgehead atoms. The van der Waals surface area contributed by atoms with Crippen molar-refractivity contribution < 1.29 is 24.2 Å². The van der Waals surface area contributed by atoms with E-state index in [1.54, 1.807) is 0 Å². The number of nitrogen functional groups attached to an aromatic ring is 1. The number of hydrogen-bond acceptors (Lipinski definition) is 5. The van der Waals surface area contributed by atoms with Crippen LogP contribution in [0.3, 0.4) is 0 Å². The Bertz CT molecular complexity index is 996. The van der Waals surface area contributed by atoms with Crippen LogP contribution in [-0.2, 0) is 6.54 Å². The van der Waals surface area contributed by atoms with Gasteiger partial charge in [-0.05, 0) is 49.2 Å². The second kappa shape index (κ2) is 7.81. The van der Waals surface area contributed by atoms with Crippen LogP contribution in [0.5, 0.6) is 0 Å². The van der Waals surface area contributed by atoms with Gasteiger partial charge in [0.05, 0.1) is 0 Å². The minimum atomic E-state index is -1.59. The van der Waals surface area contributed by atoms with Gasteiger partial charge in [0.2, 0.25) is 0 Å². The van der Waals surface area contributed by atoms with Crippen molar-refractivity contribution in [3.05, 3.63) is 51.1 Å². The lowest BCUT2D eigenvalue weighted by Gasteiger charge is -2.27. The highest BCUT2D eigenvalue weighted by Gasteiger charge is 2.28. The minimum Gasteiger partial charge on any atom is -0.478 e. The van der Waals surface area contributed by atoms with Crippen LogP contribution < -0.4 is 11.3 Å². The van der Waals surface area contributed by atoms with Crippen LogP contribution in [0.1, 0.15) is 45.5 Å². The van der Waals surface area contributed by atoms with E-state index in [4.69, 9.17) is 5.73 Å². The number of aromatic carboxylic acids is 2. The molecule has 2 heterocycles. The maximum Gasteiger partial charge on any atom is 0.342 e. The summed E-state index contributed by atoms with van der Waals surface area (Å²) in [6.45, 7) is 1.90. The van der Waals surface area contributed by atoms with E-state index in [1.165, 1.54) is 12.1 Å². The fraction of sp³-hybridized carbons (Fsp3) is 0.316. The zero-order valence-corrected chi connectivity index (χ0v) is 15.0. The molecule has 0 saturated carbocycles. The van der Waals surface area contributed by atoms with Gasteiger partial charge in [-0.15, -0.1) is 0 Å². The minimum absolute atomic E-state index is 0.166. The number of benzene rings is 1. The third-order valence-electron chi connectivity index (χ3n) is 4.85. The number of nitrogens with zero attached hydrogens (tertiary/aromatic N) is 1. The lowest BCUT2D eigenvalue weighted by atomic mass is 9.91. The van der Waals surface area contributed by atoms with Crippen LogP contribution in [0.2, 0.25) is 0 Å². The molecule has 1 aromatic heterocycles. The van der Waals surface area contributed by atoms with Crippen molar-refractivity contribution in [2.45, 2.75) is 25.8 Å². The Balaban J connectivity index is 2.27. The van der Waals surface area contributed by atoms with E-state index >= 15 is 0 Å². The molecule has 1 fully saturated rings. The zero-order valence-electron chi connectivity index (χ0n) is 15.0. The standard InChI is InChI=1S/C19H20FN3O5/c20-11-4-5-12(10(8-11)9-23-6-2-1-3-7-23)13-14(18(25)26)16(21)22-17(24)15(13)19(27)28/h4-5,8H,1-3,6-7,9H2,(H,25,26)(H,27,28)(H3,21,22,24). The lowest BCUT2D eigenvalue weighted by Crippen LogP contribution is -2.29. The predicted molar refractivity (Wildman–Crippen MR) is 99.9 cm³/mol. The Hall–Kier alpha value is -3.20. The monoisotopic (exact) mass is 389 g/mol. The summed E-state index contributed by atoms with van der Waals surface area (Å²) in [6.07, 6.45) is 3.08. The van der Waals surface area contributed by atoms with Gasteiger partial charge in [-0.1, -0.05) is 12.5 Å². The fourth-order valence-corrected chi connectivity index (χ4v) is 3.61. The van der Waals surface area contributed by atoms with Gasteiger partial charge < -0.3 is 20.9 Å². The Morgan fingerprint density at radius 3 is 2.36 bits per heavy atom. The van der Waals surface area contributed by atoms with Crippen molar-refractivity contribution in [2.24, 2.45) is 0 Å². The Morgan fingerprint density at radius 1 is 1.11 bits per heavy atom. The van der Waals surface area contributed by atoms with Crippen LogP contribution in [0.4, 0.5) is 10.2 Å². The quantitative estimate of drug-likeness (QED) is 0.615. The van der Waals surface area contributed by atoms with Crippen molar-refractivity contribution in [1.29, 1.82) is 0 Å². The van der Waals surface area contributed by atoms with E-state index < -0.39 is 40.3 Å². The van der Waals surface area contributed by atoms with Crippen LogP contribution >= 0.6 is 0 Å². The number of hydrogen-bond donors (Lipinski definition) is 4. The Morgan fingerprint density at radius 2 is 1.75 bits per heavy atom. The SMILES string of the molecule is Nc1[nH]c(=O)c(C(=O)O)c(-c2ccc(F)cc2CN2CCCCC2)c1C(=O)O. The number of likely N-dealkylation sites (tertiary alicyclic amines) is 1. The molecule has 148 valence electrons. The predicted octanol–water partition coefficient (Wildman–Crippen LogP) is 2.15. The average molecular weight is 389 g/mol. The summed E-state index contributed by atoms with van der Waals surface area (Å²) in [6, 6.07) is 3.63. The van der Waals surface area contributed by atoms with Crippen LogP contribution in [0.15, 0.2) is 23.0 Å². The number of carbonyl (C=O) groups is 2. The molecule has 3 rings (SSSR count). The molecule has 0 amide bonds. The second-order valence-corrected chi connectivity index (χ2v) is 6.74. The number of nitrogens with two attached hydrogens (primary N) is 1. The van der Waals surface area contributed by atoms with Crippen molar-refractivity contribution in [3.8, 4) is 11.1 Å². The number of rotatable bonds is 5. The topological polar surface area (TPSA) is 137 Å².